The van der Waals surface area contributed by atoms with Gasteiger partial charge in [-0.25, -0.2) is 0 Å². The van der Waals surface area contributed by atoms with Gasteiger partial charge in [-0.15, -0.1) is 0 Å². The second-order valence-electron chi connectivity index (χ2n) is 5.67. The summed E-state index contributed by atoms with van der Waals surface area (Å²) in [7, 11) is 3.94. The minimum Gasteiger partial charge on any atom is -0.377 e. The lowest BCUT2D eigenvalue weighted by Gasteiger charge is -2.21. The summed E-state index contributed by atoms with van der Waals surface area (Å²) in [6.45, 7) is 0. The molecule has 3 heteroatoms. The van der Waals surface area contributed by atoms with E-state index in [0.29, 0.717) is 5.56 Å². The standard InChI is InChI=1S/C21H19NO.H2S/c1-22(2)21-17(15-23)11-8-14-20(21)19-13-7-6-12-18(19)16-9-4-3-5-10-16;/h3-15H,1-2H3;1H2. The van der Waals surface area contributed by atoms with Crippen molar-refractivity contribution in [2.45, 2.75) is 0 Å². The normalized spacial score (nSPS) is 9.92. The Bertz CT molecular complexity index is 828. The number of aldehydes is 1. The number of nitrogens with zero attached hydrogens (tertiary/aromatic N) is 1. The molecule has 0 aliphatic heterocycles. The van der Waals surface area contributed by atoms with Crippen molar-refractivity contribution in [3.63, 3.8) is 0 Å². The van der Waals surface area contributed by atoms with Crippen LogP contribution in [0.15, 0.2) is 72.8 Å². The van der Waals surface area contributed by atoms with Gasteiger partial charge in [0.2, 0.25) is 0 Å². The molecule has 0 bridgehead atoms. The van der Waals surface area contributed by atoms with Gasteiger partial charge in [-0.2, -0.15) is 13.5 Å². The van der Waals surface area contributed by atoms with Gasteiger partial charge >= 0.3 is 0 Å². The summed E-state index contributed by atoms with van der Waals surface area (Å²) >= 11 is 0. The molecule has 0 N–H and O–H groups in total. The Hall–Kier alpha value is -2.52. The molecule has 0 saturated heterocycles. The largest absolute Gasteiger partial charge is 0.377 e. The first-order valence-electron chi connectivity index (χ1n) is 7.62. The zero-order valence-electron chi connectivity index (χ0n) is 13.9. The summed E-state index contributed by atoms with van der Waals surface area (Å²) < 4.78 is 0. The molecule has 0 unspecified atom stereocenters. The van der Waals surface area contributed by atoms with Crippen molar-refractivity contribution in [3.8, 4) is 22.3 Å². The van der Waals surface area contributed by atoms with Crippen molar-refractivity contribution < 1.29 is 4.79 Å². The first kappa shape index (κ1) is 17.8. The second-order valence-corrected chi connectivity index (χ2v) is 5.67. The number of anilines is 1. The maximum atomic E-state index is 11.4. The fraction of sp³-hybridized carbons (Fsp3) is 0.0952. The molecule has 24 heavy (non-hydrogen) atoms. The first-order valence-corrected chi connectivity index (χ1v) is 7.62. The Morgan fingerprint density at radius 2 is 1.29 bits per heavy atom. The summed E-state index contributed by atoms with van der Waals surface area (Å²) in [5.74, 6) is 0. The zero-order valence-corrected chi connectivity index (χ0v) is 14.9. The molecule has 0 spiro atoms. The highest BCUT2D eigenvalue weighted by atomic mass is 32.1. The lowest BCUT2D eigenvalue weighted by molar-refractivity contribution is 0.112. The lowest BCUT2D eigenvalue weighted by Crippen LogP contribution is -2.12. The molecule has 0 saturated carbocycles. The van der Waals surface area contributed by atoms with E-state index in [0.717, 1.165) is 23.1 Å². The third-order valence-electron chi connectivity index (χ3n) is 3.94. The molecular formula is C21H21NOS. The van der Waals surface area contributed by atoms with Crippen LogP contribution in [-0.4, -0.2) is 20.4 Å². The van der Waals surface area contributed by atoms with Crippen LogP contribution in [0.4, 0.5) is 5.69 Å². The van der Waals surface area contributed by atoms with E-state index < -0.39 is 0 Å². The molecule has 3 aromatic rings. The molecule has 0 aromatic heterocycles. The van der Waals surface area contributed by atoms with E-state index in [1.54, 1.807) is 0 Å². The Morgan fingerprint density at radius 1 is 0.708 bits per heavy atom. The molecular weight excluding hydrogens is 314 g/mol. The first-order chi connectivity index (χ1) is 11.2. The number of hydrogen-bond acceptors (Lipinski definition) is 2. The molecule has 0 radical (unpaired) electrons. The van der Waals surface area contributed by atoms with E-state index in [2.05, 4.69) is 30.3 Å². The number of hydrogen-bond donors (Lipinski definition) is 0. The smallest absolute Gasteiger partial charge is 0.152 e. The predicted octanol–water partition coefficient (Wildman–Crippen LogP) is 5.01. The highest BCUT2D eigenvalue weighted by molar-refractivity contribution is 7.59. The van der Waals surface area contributed by atoms with Crippen molar-refractivity contribution >= 4 is 25.5 Å². The summed E-state index contributed by atoms with van der Waals surface area (Å²) in [4.78, 5) is 13.4. The Morgan fingerprint density at radius 3 is 1.92 bits per heavy atom. The Labute approximate surface area is 150 Å². The van der Waals surface area contributed by atoms with Crippen LogP contribution in [0.25, 0.3) is 22.3 Å². The van der Waals surface area contributed by atoms with Crippen molar-refractivity contribution in [1.29, 1.82) is 0 Å². The second kappa shape index (κ2) is 7.84. The SMILES string of the molecule is CN(C)c1c(C=O)cccc1-c1ccccc1-c1ccccc1.S. The van der Waals surface area contributed by atoms with Gasteiger partial charge in [0.05, 0.1) is 5.69 Å². The molecule has 0 aliphatic rings. The molecule has 0 amide bonds. The molecule has 0 atom stereocenters. The molecule has 0 fully saturated rings. The monoisotopic (exact) mass is 335 g/mol. The van der Waals surface area contributed by atoms with E-state index in [1.165, 1.54) is 11.1 Å². The molecule has 0 heterocycles. The molecule has 3 aromatic carbocycles. The number of rotatable bonds is 4. The van der Waals surface area contributed by atoms with Gasteiger partial charge in [0.1, 0.15) is 0 Å². The van der Waals surface area contributed by atoms with Crippen molar-refractivity contribution in [1.82, 2.24) is 0 Å². The van der Waals surface area contributed by atoms with Gasteiger partial charge in [0, 0.05) is 25.2 Å². The van der Waals surface area contributed by atoms with Gasteiger partial charge in [-0.3, -0.25) is 4.79 Å². The number of carbonyl (C=O) groups is 1. The van der Waals surface area contributed by atoms with Gasteiger partial charge in [-0.1, -0.05) is 66.7 Å². The van der Waals surface area contributed by atoms with Crippen LogP contribution in [0.2, 0.25) is 0 Å². The summed E-state index contributed by atoms with van der Waals surface area (Å²) in [5.41, 5.74) is 6.19. The van der Waals surface area contributed by atoms with Crippen LogP contribution in [0, 0.1) is 0 Å². The molecule has 0 aliphatic carbocycles. The number of benzene rings is 3. The number of carbonyl (C=O) groups excluding carboxylic acids is 1. The van der Waals surface area contributed by atoms with Crippen LogP contribution in [0.3, 0.4) is 0 Å². The van der Waals surface area contributed by atoms with Crippen molar-refractivity contribution in [2.75, 3.05) is 19.0 Å². The lowest BCUT2D eigenvalue weighted by atomic mass is 9.92. The van der Waals surface area contributed by atoms with Crippen LogP contribution in [-0.2, 0) is 0 Å². The minimum absolute atomic E-state index is 0. The van der Waals surface area contributed by atoms with E-state index in [4.69, 9.17) is 0 Å². The average molecular weight is 335 g/mol. The van der Waals surface area contributed by atoms with Crippen LogP contribution in [0.5, 0.6) is 0 Å². The summed E-state index contributed by atoms with van der Waals surface area (Å²) in [6, 6.07) is 24.5. The minimum atomic E-state index is 0. The van der Waals surface area contributed by atoms with Gasteiger partial charge < -0.3 is 4.90 Å². The van der Waals surface area contributed by atoms with Gasteiger partial charge in [0.15, 0.2) is 6.29 Å². The van der Waals surface area contributed by atoms with E-state index in [-0.39, 0.29) is 13.5 Å². The number of para-hydroxylation sites is 1. The highest BCUT2D eigenvalue weighted by Crippen LogP contribution is 2.38. The fourth-order valence-electron chi connectivity index (χ4n) is 2.96. The van der Waals surface area contributed by atoms with E-state index >= 15 is 0 Å². The summed E-state index contributed by atoms with van der Waals surface area (Å²) in [6.07, 6.45) is 0.921. The average Bonchev–Trinajstić information content (AvgIpc) is 2.61. The maximum absolute atomic E-state index is 11.4. The van der Waals surface area contributed by atoms with Crippen molar-refractivity contribution in [2.24, 2.45) is 0 Å². The topological polar surface area (TPSA) is 20.3 Å². The third kappa shape index (κ3) is 3.36. The van der Waals surface area contributed by atoms with Gasteiger partial charge in [0.25, 0.3) is 0 Å². The maximum Gasteiger partial charge on any atom is 0.152 e. The van der Waals surface area contributed by atoms with Crippen LogP contribution < -0.4 is 4.90 Å². The molecule has 122 valence electrons. The van der Waals surface area contributed by atoms with Crippen LogP contribution in [0.1, 0.15) is 10.4 Å². The Kier molecular flexibility index (Phi) is 5.83. The molecule has 3 rings (SSSR count). The predicted molar refractivity (Wildman–Crippen MR) is 107 cm³/mol. The molecule has 2 nitrogen and oxygen atoms in total. The van der Waals surface area contributed by atoms with Gasteiger partial charge in [-0.05, 0) is 22.8 Å². The third-order valence-corrected chi connectivity index (χ3v) is 3.94. The Balaban J connectivity index is 0.00000208. The van der Waals surface area contributed by atoms with Crippen molar-refractivity contribution in [3.05, 3.63) is 78.4 Å². The quantitative estimate of drug-likeness (QED) is 0.625. The summed E-state index contributed by atoms with van der Waals surface area (Å²) in [5, 5.41) is 0. The van der Waals surface area contributed by atoms with Crippen LogP contribution >= 0.6 is 13.5 Å². The highest BCUT2D eigenvalue weighted by Gasteiger charge is 2.14. The van der Waals surface area contributed by atoms with E-state index in [1.807, 2.05) is 61.5 Å². The fourth-order valence-corrected chi connectivity index (χ4v) is 2.96. The zero-order chi connectivity index (χ0) is 16.2. The van der Waals surface area contributed by atoms with E-state index in [9.17, 15) is 4.79 Å².